The van der Waals surface area contributed by atoms with Gasteiger partial charge in [0.1, 0.15) is 11.6 Å². The molecule has 1 aromatic heterocycles. The first-order chi connectivity index (χ1) is 7.65. The van der Waals surface area contributed by atoms with E-state index in [2.05, 4.69) is 21.8 Å². The van der Waals surface area contributed by atoms with Crippen LogP contribution in [0.5, 0.6) is 0 Å². The minimum Gasteiger partial charge on any atom is -0.395 e. The highest BCUT2D eigenvalue weighted by Gasteiger charge is 2.07. The number of nitrogen functional groups attached to an aromatic ring is 1. The Labute approximate surface area is 96.3 Å². The number of hydrogen-bond acceptors (Lipinski definition) is 5. The van der Waals surface area contributed by atoms with Crippen molar-refractivity contribution in [2.45, 2.75) is 26.8 Å². The summed E-state index contributed by atoms with van der Waals surface area (Å²) in [6.45, 7) is 6.37. The Bertz CT molecular complexity index is 304. The van der Waals surface area contributed by atoms with Crippen molar-refractivity contribution in [3.05, 3.63) is 17.6 Å². The standard InChI is InChI=1S/C11H20N4O/c1-3-4-15(5-6-16)8-11-13-9(2)7-10(12)14-11/h7,16H,3-6,8H2,1-2H3,(H2,12,13,14). The van der Waals surface area contributed by atoms with Gasteiger partial charge in [-0.05, 0) is 19.9 Å². The molecule has 0 aromatic carbocycles. The van der Waals surface area contributed by atoms with Crippen LogP contribution >= 0.6 is 0 Å². The third kappa shape index (κ3) is 4.12. The number of aromatic nitrogens is 2. The molecule has 0 fully saturated rings. The zero-order valence-electron chi connectivity index (χ0n) is 9.98. The summed E-state index contributed by atoms with van der Waals surface area (Å²) in [6.07, 6.45) is 1.04. The van der Waals surface area contributed by atoms with Gasteiger partial charge in [0.2, 0.25) is 0 Å². The maximum absolute atomic E-state index is 8.94. The Morgan fingerprint density at radius 3 is 2.69 bits per heavy atom. The smallest absolute Gasteiger partial charge is 0.144 e. The van der Waals surface area contributed by atoms with Crippen molar-refractivity contribution in [1.82, 2.24) is 14.9 Å². The van der Waals surface area contributed by atoms with Crippen molar-refractivity contribution in [2.75, 3.05) is 25.4 Å². The predicted octanol–water partition coefficient (Wildman–Crippen LogP) is 0.572. The monoisotopic (exact) mass is 224 g/mol. The highest BCUT2D eigenvalue weighted by Crippen LogP contribution is 2.05. The summed E-state index contributed by atoms with van der Waals surface area (Å²) in [5, 5.41) is 8.94. The Morgan fingerprint density at radius 1 is 1.38 bits per heavy atom. The number of aliphatic hydroxyl groups is 1. The molecule has 90 valence electrons. The first-order valence-electron chi connectivity index (χ1n) is 5.59. The molecule has 0 spiro atoms. The molecule has 3 N–H and O–H groups in total. The fraction of sp³-hybridized carbons (Fsp3) is 0.636. The predicted molar refractivity (Wildman–Crippen MR) is 63.8 cm³/mol. The van der Waals surface area contributed by atoms with Crippen LogP contribution in [0.15, 0.2) is 6.07 Å². The van der Waals surface area contributed by atoms with Crippen molar-refractivity contribution in [2.24, 2.45) is 0 Å². The van der Waals surface area contributed by atoms with E-state index >= 15 is 0 Å². The third-order valence-corrected chi connectivity index (χ3v) is 2.24. The molecule has 0 aliphatic heterocycles. The number of aryl methyl sites for hydroxylation is 1. The van der Waals surface area contributed by atoms with E-state index < -0.39 is 0 Å². The second kappa shape index (κ2) is 6.40. The molecule has 0 aliphatic carbocycles. The van der Waals surface area contributed by atoms with Gasteiger partial charge in [0.25, 0.3) is 0 Å². The zero-order chi connectivity index (χ0) is 12.0. The molecule has 1 heterocycles. The summed E-state index contributed by atoms with van der Waals surface area (Å²) in [6, 6.07) is 1.75. The minimum absolute atomic E-state index is 0.154. The van der Waals surface area contributed by atoms with Crippen molar-refractivity contribution in [3.8, 4) is 0 Å². The van der Waals surface area contributed by atoms with Gasteiger partial charge in [-0.15, -0.1) is 0 Å². The van der Waals surface area contributed by atoms with Crippen LogP contribution in [0.4, 0.5) is 5.82 Å². The van der Waals surface area contributed by atoms with Crippen LogP contribution in [0, 0.1) is 6.92 Å². The molecule has 0 saturated heterocycles. The third-order valence-electron chi connectivity index (χ3n) is 2.24. The molecule has 0 radical (unpaired) electrons. The van der Waals surface area contributed by atoms with Crippen LogP contribution in [0.2, 0.25) is 0 Å². The first-order valence-corrected chi connectivity index (χ1v) is 5.59. The van der Waals surface area contributed by atoms with Crippen LogP contribution in [-0.2, 0) is 6.54 Å². The van der Waals surface area contributed by atoms with Crippen LogP contribution in [0.1, 0.15) is 24.9 Å². The van der Waals surface area contributed by atoms with E-state index in [9.17, 15) is 0 Å². The molecule has 1 rings (SSSR count). The van der Waals surface area contributed by atoms with Gasteiger partial charge in [0.15, 0.2) is 0 Å². The van der Waals surface area contributed by atoms with Crippen molar-refractivity contribution >= 4 is 5.82 Å². The lowest BCUT2D eigenvalue weighted by Gasteiger charge is -2.19. The van der Waals surface area contributed by atoms with Gasteiger partial charge in [0.05, 0.1) is 13.2 Å². The first kappa shape index (κ1) is 12.9. The number of rotatable bonds is 6. The summed E-state index contributed by atoms with van der Waals surface area (Å²) in [4.78, 5) is 10.6. The molecule has 16 heavy (non-hydrogen) atoms. The molecular formula is C11H20N4O. The summed E-state index contributed by atoms with van der Waals surface area (Å²) in [7, 11) is 0. The number of nitrogens with zero attached hydrogens (tertiary/aromatic N) is 3. The van der Waals surface area contributed by atoms with Gasteiger partial charge in [-0.25, -0.2) is 9.97 Å². The summed E-state index contributed by atoms with van der Waals surface area (Å²) in [5.74, 6) is 1.22. The number of nitrogens with two attached hydrogens (primary N) is 1. The van der Waals surface area contributed by atoms with Crippen LogP contribution in [0.25, 0.3) is 0 Å². The van der Waals surface area contributed by atoms with Gasteiger partial charge in [0, 0.05) is 18.3 Å². The van der Waals surface area contributed by atoms with Crippen molar-refractivity contribution < 1.29 is 5.11 Å². The topological polar surface area (TPSA) is 75.3 Å². The van der Waals surface area contributed by atoms with E-state index in [0.29, 0.717) is 18.9 Å². The van der Waals surface area contributed by atoms with Crippen LogP contribution < -0.4 is 5.73 Å². The largest absolute Gasteiger partial charge is 0.395 e. The maximum atomic E-state index is 8.94. The van der Waals surface area contributed by atoms with E-state index in [1.165, 1.54) is 0 Å². The molecule has 0 atom stereocenters. The highest BCUT2D eigenvalue weighted by atomic mass is 16.3. The quantitative estimate of drug-likeness (QED) is 0.739. The van der Waals surface area contributed by atoms with Gasteiger partial charge in [-0.3, -0.25) is 4.90 Å². The molecule has 0 unspecified atom stereocenters. The Kier molecular flexibility index (Phi) is 5.14. The summed E-state index contributed by atoms with van der Waals surface area (Å²) < 4.78 is 0. The van der Waals surface area contributed by atoms with Crippen molar-refractivity contribution in [1.29, 1.82) is 0 Å². The Balaban J connectivity index is 2.68. The number of anilines is 1. The number of aliphatic hydroxyl groups excluding tert-OH is 1. The van der Waals surface area contributed by atoms with E-state index in [0.717, 1.165) is 24.5 Å². The van der Waals surface area contributed by atoms with Gasteiger partial charge in [-0.2, -0.15) is 0 Å². The fourth-order valence-electron chi connectivity index (χ4n) is 1.65. The van der Waals surface area contributed by atoms with Gasteiger partial charge < -0.3 is 10.8 Å². The summed E-state index contributed by atoms with van der Waals surface area (Å²) in [5.41, 5.74) is 6.54. The lowest BCUT2D eigenvalue weighted by atomic mass is 10.3. The second-order valence-corrected chi connectivity index (χ2v) is 3.85. The van der Waals surface area contributed by atoms with Gasteiger partial charge >= 0.3 is 0 Å². The number of hydrogen-bond donors (Lipinski definition) is 2. The van der Waals surface area contributed by atoms with E-state index in [1.54, 1.807) is 6.07 Å². The van der Waals surface area contributed by atoms with E-state index in [1.807, 2.05) is 6.92 Å². The average Bonchev–Trinajstić information content (AvgIpc) is 2.16. The highest BCUT2D eigenvalue weighted by molar-refractivity contribution is 5.29. The Hall–Kier alpha value is -1.20. The SMILES string of the molecule is CCCN(CCO)Cc1nc(C)cc(N)n1. The minimum atomic E-state index is 0.154. The Morgan fingerprint density at radius 2 is 2.12 bits per heavy atom. The zero-order valence-corrected chi connectivity index (χ0v) is 9.98. The lowest BCUT2D eigenvalue weighted by molar-refractivity contribution is 0.187. The van der Waals surface area contributed by atoms with Crippen molar-refractivity contribution in [3.63, 3.8) is 0 Å². The van der Waals surface area contributed by atoms with Crippen LogP contribution in [0.3, 0.4) is 0 Å². The molecule has 0 saturated carbocycles. The molecule has 5 nitrogen and oxygen atoms in total. The molecule has 1 aromatic rings. The lowest BCUT2D eigenvalue weighted by Crippen LogP contribution is -2.28. The molecule has 0 aliphatic rings. The molecule has 5 heteroatoms. The normalized spacial score (nSPS) is 11.0. The fourth-order valence-corrected chi connectivity index (χ4v) is 1.65. The summed E-state index contributed by atoms with van der Waals surface area (Å²) >= 11 is 0. The van der Waals surface area contributed by atoms with Crippen LogP contribution in [-0.4, -0.2) is 39.7 Å². The average molecular weight is 224 g/mol. The van der Waals surface area contributed by atoms with Gasteiger partial charge in [-0.1, -0.05) is 6.92 Å². The van der Waals surface area contributed by atoms with E-state index in [4.69, 9.17) is 10.8 Å². The molecular weight excluding hydrogens is 204 g/mol. The molecule has 0 amide bonds. The maximum Gasteiger partial charge on any atom is 0.144 e. The second-order valence-electron chi connectivity index (χ2n) is 3.85. The van der Waals surface area contributed by atoms with E-state index in [-0.39, 0.29) is 6.61 Å². The molecule has 0 bridgehead atoms.